The van der Waals surface area contributed by atoms with Gasteiger partial charge in [-0.25, -0.2) is 4.98 Å². The molecule has 3 aromatic carbocycles. The smallest absolute Gasteiger partial charge is 0.218 e. The topological polar surface area (TPSA) is 25.4 Å². The second-order valence-corrected chi connectivity index (χ2v) is 8.41. The molecule has 0 aliphatic carbocycles. The summed E-state index contributed by atoms with van der Waals surface area (Å²) in [4.78, 5) is 7.55. The summed E-state index contributed by atoms with van der Waals surface area (Å²) in [5.74, 6) is 0.801. The van der Waals surface area contributed by atoms with Gasteiger partial charge in [0.15, 0.2) is 0 Å². The minimum atomic E-state index is 0.149. The van der Waals surface area contributed by atoms with Crippen molar-refractivity contribution < 1.29 is 4.74 Å². The van der Waals surface area contributed by atoms with Crippen LogP contribution in [0.25, 0.3) is 10.9 Å². The van der Waals surface area contributed by atoms with Gasteiger partial charge in [0.05, 0.1) is 5.52 Å². The van der Waals surface area contributed by atoms with Crippen molar-refractivity contribution in [2.45, 2.75) is 39.0 Å². The van der Waals surface area contributed by atoms with Crippen LogP contribution in [-0.2, 0) is 19.5 Å². The molecule has 2 heterocycles. The Morgan fingerprint density at radius 2 is 1.65 bits per heavy atom. The summed E-state index contributed by atoms with van der Waals surface area (Å²) < 4.78 is 6.43. The van der Waals surface area contributed by atoms with Crippen molar-refractivity contribution in [3.63, 3.8) is 0 Å². The van der Waals surface area contributed by atoms with Crippen LogP contribution in [0.2, 0.25) is 0 Å². The Bertz CT molecular complexity index is 1160. The molecule has 156 valence electrons. The molecule has 0 spiro atoms. The SMILES string of the molecule is CCC1CN(Cc2ccccc2)Cc2cc3cccc(Cc4ccccc4)c3nc2O1. The lowest BCUT2D eigenvalue weighted by Crippen LogP contribution is -2.32. The van der Waals surface area contributed by atoms with Gasteiger partial charge >= 0.3 is 0 Å². The lowest BCUT2D eigenvalue weighted by atomic mass is 10.0. The third-order valence-electron chi connectivity index (χ3n) is 6.04. The van der Waals surface area contributed by atoms with E-state index in [0.29, 0.717) is 0 Å². The van der Waals surface area contributed by atoms with Crippen LogP contribution in [0.3, 0.4) is 0 Å². The Balaban J connectivity index is 1.50. The molecule has 1 aliphatic heterocycles. The number of hydrogen-bond donors (Lipinski definition) is 0. The van der Waals surface area contributed by atoms with Crippen molar-refractivity contribution in [3.8, 4) is 5.88 Å². The van der Waals surface area contributed by atoms with Gasteiger partial charge in [0.25, 0.3) is 0 Å². The first-order chi connectivity index (χ1) is 15.3. The first-order valence-electron chi connectivity index (χ1n) is 11.2. The number of pyridine rings is 1. The molecule has 3 heteroatoms. The highest BCUT2D eigenvalue weighted by molar-refractivity contribution is 5.83. The normalized spacial score (nSPS) is 16.5. The summed E-state index contributed by atoms with van der Waals surface area (Å²) in [6, 6.07) is 30.1. The van der Waals surface area contributed by atoms with Gasteiger partial charge in [-0.1, -0.05) is 85.8 Å². The van der Waals surface area contributed by atoms with Crippen molar-refractivity contribution in [2.75, 3.05) is 6.54 Å². The van der Waals surface area contributed by atoms with Gasteiger partial charge in [-0.2, -0.15) is 0 Å². The van der Waals surface area contributed by atoms with Crippen LogP contribution in [0, 0.1) is 0 Å². The molecule has 5 rings (SSSR count). The van der Waals surface area contributed by atoms with Gasteiger partial charge < -0.3 is 4.74 Å². The number of rotatable bonds is 5. The molecule has 0 bridgehead atoms. The first kappa shape index (κ1) is 19.8. The number of aromatic nitrogens is 1. The molecule has 3 nitrogen and oxygen atoms in total. The fraction of sp³-hybridized carbons (Fsp3) is 0.250. The van der Waals surface area contributed by atoms with Crippen molar-refractivity contribution in [1.82, 2.24) is 9.88 Å². The third-order valence-corrected chi connectivity index (χ3v) is 6.04. The number of para-hydroxylation sites is 1. The van der Waals surface area contributed by atoms with Crippen LogP contribution in [0.1, 0.15) is 35.6 Å². The van der Waals surface area contributed by atoms with Crippen molar-refractivity contribution >= 4 is 10.9 Å². The van der Waals surface area contributed by atoms with E-state index in [-0.39, 0.29) is 6.10 Å². The standard InChI is InChI=1S/C28H28N2O/c1-2-26-20-30(18-22-12-7-4-8-13-22)19-25-17-24-15-9-14-23(27(24)29-28(25)31-26)16-21-10-5-3-6-11-21/h3-15,17,26H,2,16,18-20H2,1H3. The number of nitrogens with zero attached hydrogens (tertiary/aromatic N) is 2. The zero-order chi connectivity index (χ0) is 21.0. The highest BCUT2D eigenvalue weighted by Gasteiger charge is 2.24. The molecule has 1 aliphatic rings. The van der Waals surface area contributed by atoms with E-state index in [0.717, 1.165) is 43.9 Å². The van der Waals surface area contributed by atoms with Gasteiger partial charge in [0.2, 0.25) is 5.88 Å². The lowest BCUT2D eigenvalue weighted by molar-refractivity contribution is 0.136. The van der Waals surface area contributed by atoms with Crippen molar-refractivity contribution in [3.05, 3.63) is 107 Å². The van der Waals surface area contributed by atoms with Gasteiger partial charge in [-0.05, 0) is 35.6 Å². The molecule has 4 aromatic rings. The largest absolute Gasteiger partial charge is 0.473 e. The Kier molecular flexibility index (Phi) is 5.68. The number of ether oxygens (including phenoxy) is 1. The Morgan fingerprint density at radius 3 is 2.39 bits per heavy atom. The molecule has 0 fully saturated rings. The molecule has 0 saturated heterocycles. The number of hydrogen-bond acceptors (Lipinski definition) is 3. The maximum Gasteiger partial charge on any atom is 0.218 e. The molecule has 1 aromatic heterocycles. The van der Waals surface area contributed by atoms with E-state index in [4.69, 9.17) is 9.72 Å². The van der Waals surface area contributed by atoms with E-state index in [1.165, 1.54) is 27.6 Å². The Labute approximate surface area is 184 Å². The Morgan fingerprint density at radius 1 is 0.903 bits per heavy atom. The zero-order valence-electron chi connectivity index (χ0n) is 18.0. The van der Waals surface area contributed by atoms with Gasteiger partial charge in [0.1, 0.15) is 6.10 Å². The Hall–Kier alpha value is -3.17. The van der Waals surface area contributed by atoms with E-state index in [1.807, 2.05) is 0 Å². The minimum absolute atomic E-state index is 0.149. The first-order valence-corrected chi connectivity index (χ1v) is 11.2. The quantitative estimate of drug-likeness (QED) is 0.405. The summed E-state index contributed by atoms with van der Waals surface area (Å²) >= 11 is 0. The van der Waals surface area contributed by atoms with E-state index in [9.17, 15) is 0 Å². The van der Waals surface area contributed by atoms with E-state index in [1.54, 1.807) is 0 Å². The summed E-state index contributed by atoms with van der Waals surface area (Å²) in [6.07, 6.45) is 1.99. The third kappa shape index (κ3) is 4.47. The van der Waals surface area contributed by atoms with Crippen LogP contribution in [0.4, 0.5) is 0 Å². The zero-order valence-corrected chi connectivity index (χ0v) is 18.0. The monoisotopic (exact) mass is 408 g/mol. The molecule has 0 N–H and O–H groups in total. The summed E-state index contributed by atoms with van der Waals surface area (Å²) in [6.45, 7) is 4.88. The molecular weight excluding hydrogens is 380 g/mol. The molecule has 0 saturated carbocycles. The van der Waals surface area contributed by atoms with Gasteiger partial charge in [-0.15, -0.1) is 0 Å². The maximum absolute atomic E-state index is 6.43. The summed E-state index contributed by atoms with van der Waals surface area (Å²) in [5, 5.41) is 1.19. The van der Waals surface area contributed by atoms with Crippen LogP contribution in [-0.4, -0.2) is 22.5 Å². The predicted molar refractivity (Wildman–Crippen MR) is 126 cm³/mol. The summed E-state index contributed by atoms with van der Waals surface area (Å²) in [5.41, 5.74) is 6.11. The molecule has 0 amide bonds. The average Bonchev–Trinajstić information content (AvgIpc) is 2.97. The van der Waals surface area contributed by atoms with Gasteiger partial charge in [-0.3, -0.25) is 4.90 Å². The number of fused-ring (bicyclic) bond motifs is 2. The summed E-state index contributed by atoms with van der Waals surface area (Å²) in [7, 11) is 0. The van der Waals surface area contributed by atoms with Gasteiger partial charge in [0, 0.05) is 30.6 Å². The predicted octanol–water partition coefficient (Wildman–Crippen LogP) is 6.00. The molecular formula is C28H28N2O. The highest BCUT2D eigenvalue weighted by Crippen LogP contribution is 2.30. The fourth-order valence-corrected chi connectivity index (χ4v) is 4.42. The van der Waals surface area contributed by atoms with Crippen molar-refractivity contribution in [1.29, 1.82) is 0 Å². The van der Waals surface area contributed by atoms with E-state index >= 15 is 0 Å². The second kappa shape index (κ2) is 8.91. The highest BCUT2D eigenvalue weighted by atomic mass is 16.5. The van der Waals surface area contributed by atoms with Crippen molar-refractivity contribution in [2.24, 2.45) is 0 Å². The maximum atomic E-state index is 6.43. The second-order valence-electron chi connectivity index (χ2n) is 8.41. The molecule has 0 radical (unpaired) electrons. The van der Waals surface area contributed by atoms with E-state index < -0.39 is 0 Å². The lowest BCUT2D eigenvalue weighted by Gasteiger charge is -2.23. The molecule has 31 heavy (non-hydrogen) atoms. The fourth-order valence-electron chi connectivity index (χ4n) is 4.42. The average molecular weight is 409 g/mol. The van der Waals surface area contributed by atoms with Crippen LogP contribution in [0.5, 0.6) is 5.88 Å². The minimum Gasteiger partial charge on any atom is -0.473 e. The molecule has 1 unspecified atom stereocenters. The molecule has 1 atom stereocenters. The van der Waals surface area contributed by atoms with Crippen LogP contribution < -0.4 is 4.74 Å². The van der Waals surface area contributed by atoms with Crippen LogP contribution in [0.15, 0.2) is 84.9 Å². The van der Waals surface area contributed by atoms with Crippen LogP contribution >= 0.6 is 0 Å². The number of benzene rings is 3. The van der Waals surface area contributed by atoms with E-state index in [2.05, 4.69) is 96.8 Å².